The third kappa shape index (κ3) is 4.59. The molecule has 1 amide bonds. The highest BCUT2D eigenvalue weighted by Crippen LogP contribution is 2.33. The van der Waals surface area contributed by atoms with Crippen molar-refractivity contribution >= 4 is 51.8 Å². The van der Waals surface area contributed by atoms with Gasteiger partial charge in [-0.1, -0.05) is 53.5 Å². The zero-order chi connectivity index (χ0) is 22.0. The Bertz CT molecular complexity index is 1310. The first-order valence-electron chi connectivity index (χ1n) is 8.98. The fourth-order valence-electron chi connectivity index (χ4n) is 2.92. The van der Waals surface area contributed by atoms with Crippen LogP contribution in [0.25, 0.3) is 21.8 Å². The van der Waals surface area contributed by atoms with Gasteiger partial charge in [-0.3, -0.25) is 14.9 Å². The molecular formula is C22H13Cl2N3O3S. The van der Waals surface area contributed by atoms with Crippen LogP contribution >= 0.6 is 34.5 Å². The summed E-state index contributed by atoms with van der Waals surface area (Å²) >= 11 is 13.6. The Balaban J connectivity index is 1.57. The van der Waals surface area contributed by atoms with Crippen LogP contribution in [0.15, 0.2) is 72.1 Å². The molecule has 0 aliphatic rings. The molecule has 154 valence electrons. The Morgan fingerprint density at radius 2 is 1.81 bits per heavy atom. The van der Waals surface area contributed by atoms with Crippen molar-refractivity contribution in [2.24, 2.45) is 0 Å². The standard InChI is InChI=1S/C22H13Cl2N3O3S/c23-17-7-2-1-6-16(17)22-26-19(12-31-22)13-4-3-5-15(10-13)25-21(28)14-8-9-18(24)20(11-14)27(29)30/h1-12H,(H,25,28). The number of amides is 1. The topological polar surface area (TPSA) is 85.1 Å². The number of nitro benzene ring substituents is 1. The number of anilines is 1. The van der Waals surface area contributed by atoms with Crippen LogP contribution in [0.5, 0.6) is 0 Å². The van der Waals surface area contributed by atoms with Crippen molar-refractivity contribution in [3.63, 3.8) is 0 Å². The number of thiazole rings is 1. The van der Waals surface area contributed by atoms with Gasteiger partial charge in [-0.2, -0.15) is 0 Å². The largest absolute Gasteiger partial charge is 0.322 e. The maximum Gasteiger partial charge on any atom is 0.288 e. The number of rotatable bonds is 5. The molecule has 0 unspecified atom stereocenters. The average molecular weight is 470 g/mol. The third-order valence-electron chi connectivity index (χ3n) is 4.43. The van der Waals surface area contributed by atoms with Gasteiger partial charge in [-0.25, -0.2) is 4.98 Å². The van der Waals surface area contributed by atoms with E-state index in [1.54, 1.807) is 18.2 Å². The number of carbonyl (C=O) groups excluding carboxylic acids is 1. The number of halogens is 2. The molecular weight excluding hydrogens is 457 g/mol. The Labute approximate surface area is 191 Å². The van der Waals surface area contributed by atoms with E-state index in [2.05, 4.69) is 10.3 Å². The number of nitrogens with zero attached hydrogens (tertiary/aromatic N) is 2. The Hall–Kier alpha value is -3.26. The van der Waals surface area contributed by atoms with Gasteiger partial charge in [0.1, 0.15) is 10.0 Å². The molecule has 4 aromatic rings. The van der Waals surface area contributed by atoms with Crippen molar-refractivity contribution in [2.75, 3.05) is 5.32 Å². The molecule has 4 rings (SSSR count). The molecule has 0 saturated heterocycles. The monoisotopic (exact) mass is 469 g/mol. The molecule has 1 N–H and O–H groups in total. The molecule has 6 nitrogen and oxygen atoms in total. The lowest BCUT2D eigenvalue weighted by Crippen LogP contribution is -2.12. The van der Waals surface area contributed by atoms with Gasteiger partial charge in [-0.05, 0) is 30.3 Å². The quantitative estimate of drug-likeness (QED) is 0.253. The van der Waals surface area contributed by atoms with E-state index >= 15 is 0 Å². The van der Waals surface area contributed by atoms with Crippen LogP contribution in [0.4, 0.5) is 11.4 Å². The molecule has 0 bridgehead atoms. The van der Waals surface area contributed by atoms with E-state index in [1.165, 1.54) is 23.5 Å². The predicted octanol–water partition coefficient (Wildman–Crippen LogP) is 6.94. The summed E-state index contributed by atoms with van der Waals surface area (Å²) < 4.78 is 0. The van der Waals surface area contributed by atoms with Crippen molar-refractivity contribution in [2.45, 2.75) is 0 Å². The van der Waals surface area contributed by atoms with Gasteiger partial charge in [0.25, 0.3) is 11.6 Å². The maximum absolute atomic E-state index is 12.6. The van der Waals surface area contributed by atoms with E-state index in [-0.39, 0.29) is 16.3 Å². The fraction of sp³-hybridized carbons (Fsp3) is 0. The van der Waals surface area contributed by atoms with Crippen LogP contribution < -0.4 is 5.32 Å². The van der Waals surface area contributed by atoms with E-state index in [0.29, 0.717) is 10.7 Å². The molecule has 0 atom stereocenters. The highest BCUT2D eigenvalue weighted by Gasteiger charge is 2.17. The molecule has 1 heterocycles. The number of aromatic nitrogens is 1. The second-order valence-electron chi connectivity index (χ2n) is 6.48. The third-order valence-corrected chi connectivity index (χ3v) is 5.95. The van der Waals surface area contributed by atoms with Gasteiger partial charge in [0, 0.05) is 33.8 Å². The normalized spacial score (nSPS) is 10.6. The summed E-state index contributed by atoms with van der Waals surface area (Å²) in [4.78, 5) is 27.7. The van der Waals surface area contributed by atoms with E-state index in [4.69, 9.17) is 23.2 Å². The van der Waals surface area contributed by atoms with Crippen LogP contribution in [0.3, 0.4) is 0 Å². The lowest BCUT2D eigenvalue weighted by atomic mass is 10.1. The Kier molecular flexibility index (Phi) is 5.99. The SMILES string of the molecule is O=C(Nc1cccc(-c2csc(-c3ccccc3Cl)n2)c1)c1ccc(Cl)c([N+](=O)[O-])c1. The van der Waals surface area contributed by atoms with Crippen LogP contribution in [-0.2, 0) is 0 Å². The molecule has 0 aliphatic carbocycles. The Morgan fingerprint density at radius 3 is 2.58 bits per heavy atom. The number of nitrogens with one attached hydrogen (secondary N) is 1. The van der Waals surface area contributed by atoms with Crippen LogP contribution in [-0.4, -0.2) is 15.8 Å². The molecule has 0 saturated carbocycles. The smallest absolute Gasteiger partial charge is 0.288 e. The zero-order valence-corrected chi connectivity index (χ0v) is 18.0. The number of hydrogen-bond acceptors (Lipinski definition) is 5. The van der Waals surface area contributed by atoms with E-state index in [1.807, 2.05) is 35.7 Å². The lowest BCUT2D eigenvalue weighted by Gasteiger charge is -2.07. The van der Waals surface area contributed by atoms with E-state index in [9.17, 15) is 14.9 Å². The summed E-state index contributed by atoms with van der Waals surface area (Å²) in [6.45, 7) is 0. The van der Waals surface area contributed by atoms with Gasteiger partial charge in [0.2, 0.25) is 0 Å². The molecule has 31 heavy (non-hydrogen) atoms. The summed E-state index contributed by atoms with van der Waals surface area (Å²) in [5.41, 5.74) is 2.77. The van der Waals surface area contributed by atoms with E-state index < -0.39 is 10.8 Å². The number of hydrogen-bond donors (Lipinski definition) is 1. The minimum Gasteiger partial charge on any atom is -0.322 e. The minimum atomic E-state index is -0.626. The number of carbonyl (C=O) groups is 1. The van der Waals surface area contributed by atoms with Crippen LogP contribution in [0.2, 0.25) is 10.0 Å². The molecule has 0 aliphatic heterocycles. The van der Waals surface area contributed by atoms with Gasteiger partial charge in [-0.15, -0.1) is 11.3 Å². The van der Waals surface area contributed by atoms with Crippen molar-refractivity contribution in [1.82, 2.24) is 4.98 Å². The first-order chi connectivity index (χ1) is 14.9. The van der Waals surface area contributed by atoms with E-state index in [0.717, 1.165) is 27.9 Å². The van der Waals surface area contributed by atoms with Crippen molar-refractivity contribution in [3.8, 4) is 21.8 Å². The molecule has 0 spiro atoms. The predicted molar refractivity (Wildman–Crippen MR) is 124 cm³/mol. The summed E-state index contributed by atoms with van der Waals surface area (Å²) in [6, 6.07) is 18.6. The maximum atomic E-state index is 12.6. The first kappa shape index (κ1) is 21.0. The van der Waals surface area contributed by atoms with Gasteiger partial charge < -0.3 is 5.32 Å². The molecule has 1 aromatic heterocycles. The molecule has 3 aromatic carbocycles. The molecule has 0 fully saturated rings. The average Bonchev–Trinajstić information content (AvgIpc) is 3.24. The van der Waals surface area contributed by atoms with Crippen LogP contribution in [0, 0.1) is 10.1 Å². The van der Waals surface area contributed by atoms with Gasteiger partial charge in [0.05, 0.1) is 15.6 Å². The second-order valence-corrected chi connectivity index (χ2v) is 8.15. The summed E-state index contributed by atoms with van der Waals surface area (Å²) in [7, 11) is 0. The van der Waals surface area contributed by atoms with Gasteiger partial charge in [0.15, 0.2) is 0 Å². The molecule has 9 heteroatoms. The summed E-state index contributed by atoms with van der Waals surface area (Å²) in [6.07, 6.45) is 0. The highest BCUT2D eigenvalue weighted by atomic mass is 35.5. The fourth-order valence-corrected chi connectivity index (χ4v) is 4.25. The summed E-state index contributed by atoms with van der Waals surface area (Å²) in [5, 5.41) is 17.1. The minimum absolute atomic E-state index is 0.0265. The molecule has 0 radical (unpaired) electrons. The van der Waals surface area contributed by atoms with Crippen LogP contribution in [0.1, 0.15) is 10.4 Å². The van der Waals surface area contributed by atoms with Gasteiger partial charge >= 0.3 is 0 Å². The zero-order valence-electron chi connectivity index (χ0n) is 15.7. The second kappa shape index (κ2) is 8.85. The number of benzene rings is 3. The van der Waals surface area contributed by atoms with Crippen molar-refractivity contribution in [3.05, 3.63) is 97.8 Å². The van der Waals surface area contributed by atoms with Crippen molar-refractivity contribution < 1.29 is 9.72 Å². The highest BCUT2D eigenvalue weighted by molar-refractivity contribution is 7.13. The first-order valence-corrected chi connectivity index (χ1v) is 10.6. The summed E-state index contributed by atoms with van der Waals surface area (Å²) in [5.74, 6) is -0.480. The van der Waals surface area contributed by atoms with Crippen molar-refractivity contribution in [1.29, 1.82) is 0 Å². The Morgan fingerprint density at radius 1 is 1.00 bits per heavy atom. The number of nitro groups is 1. The lowest BCUT2D eigenvalue weighted by molar-refractivity contribution is -0.384.